The number of hydrogen-bond donors (Lipinski definition) is 1. The van der Waals surface area contributed by atoms with Gasteiger partial charge in [0.05, 0.1) is 12.8 Å². The number of amides is 1. The van der Waals surface area contributed by atoms with Gasteiger partial charge in [-0.25, -0.2) is 14.6 Å². The molecule has 90 valence electrons. The van der Waals surface area contributed by atoms with Crippen molar-refractivity contribution >= 4 is 18.1 Å². The molecule has 0 aliphatic heterocycles. The van der Waals surface area contributed by atoms with Gasteiger partial charge in [0.1, 0.15) is 5.82 Å². The number of rotatable bonds is 3. The third kappa shape index (κ3) is 4.42. The van der Waals surface area contributed by atoms with E-state index >= 15 is 0 Å². The highest BCUT2D eigenvalue weighted by Crippen LogP contribution is 1.99. The number of hydrazone groups is 1. The zero-order chi connectivity index (χ0) is 12.7. The first-order valence-electron chi connectivity index (χ1n) is 4.89. The van der Waals surface area contributed by atoms with E-state index in [1.807, 2.05) is 5.43 Å². The van der Waals surface area contributed by atoms with Gasteiger partial charge < -0.3 is 4.74 Å². The fraction of sp³-hybridized carbons (Fsp3) is 0.182. The summed E-state index contributed by atoms with van der Waals surface area (Å²) in [4.78, 5) is 21.9. The second-order valence-electron chi connectivity index (χ2n) is 2.97. The Morgan fingerprint density at radius 1 is 1.53 bits per heavy atom. The summed E-state index contributed by atoms with van der Waals surface area (Å²) in [6.45, 7) is 1.70. The van der Waals surface area contributed by atoms with Crippen molar-refractivity contribution < 1.29 is 18.7 Å². The molecule has 0 unspecified atom stereocenters. The van der Waals surface area contributed by atoms with Gasteiger partial charge in [-0.2, -0.15) is 5.10 Å². The second-order valence-corrected chi connectivity index (χ2v) is 2.97. The molecule has 0 heterocycles. The number of esters is 1. The zero-order valence-electron chi connectivity index (χ0n) is 9.14. The van der Waals surface area contributed by atoms with Gasteiger partial charge in [0.15, 0.2) is 0 Å². The topological polar surface area (TPSA) is 67.8 Å². The van der Waals surface area contributed by atoms with Crippen molar-refractivity contribution in [3.05, 3.63) is 35.6 Å². The molecule has 0 saturated heterocycles. The summed E-state index contributed by atoms with van der Waals surface area (Å²) in [6, 6.07) is 5.63. The van der Waals surface area contributed by atoms with Crippen molar-refractivity contribution in [2.75, 3.05) is 6.61 Å². The number of nitrogens with one attached hydrogen (secondary N) is 1. The molecule has 0 spiro atoms. The van der Waals surface area contributed by atoms with E-state index in [2.05, 4.69) is 9.84 Å². The normalized spacial score (nSPS) is 10.2. The van der Waals surface area contributed by atoms with Crippen LogP contribution < -0.4 is 5.43 Å². The molecule has 1 N–H and O–H groups in total. The number of ether oxygens (including phenoxy) is 1. The Morgan fingerprint density at radius 3 is 2.94 bits per heavy atom. The molecule has 6 heteroatoms. The molecule has 1 rings (SSSR count). The van der Waals surface area contributed by atoms with E-state index in [0.717, 1.165) is 0 Å². The van der Waals surface area contributed by atoms with Crippen LogP contribution in [0.2, 0.25) is 0 Å². The zero-order valence-corrected chi connectivity index (χ0v) is 9.14. The molecule has 17 heavy (non-hydrogen) atoms. The van der Waals surface area contributed by atoms with Crippen LogP contribution in [0, 0.1) is 5.82 Å². The lowest BCUT2D eigenvalue weighted by molar-refractivity contribution is -0.154. The van der Waals surface area contributed by atoms with E-state index in [1.165, 1.54) is 24.4 Å². The molecule has 0 atom stereocenters. The van der Waals surface area contributed by atoms with E-state index in [0.29, 0.717) is 5.56 Å². The van der Waals surface area contributed by atoms with Gasteiger partial charge in [0.25, 0.3) is 0 Å². The second kappa shape index (κ2) is 6.37. The van der Waals surface area contributed by atoms with Crippen LogP contribution in [0.3, 0.4) is 0 Å². The van der Waals surface area contributed by atoms with Crippen LogP contribution in [0.1, 0.15) is 12.5 Å². The van der Waals surface area contributed by atoms with Crippen molar-refractivity contribution in [2.45, 2.75) is 6.92 Å². The summed E-state index contributed by atoms with van der Waals surface area (Å²) in [5.74, 6) is -2.39. The lowest BCUT2D eigenvalue weighted by Gasteiger charge is -1.99. The Labute approximate surface area is 97.3 Å². The molecule has 0 fully saturated rings. The van der Waals surface area contributed by atoms with Crippen LogP contribution in [-0.2, 0) is 14.3 Å². The Balaban J connectivity index is 2.50. The first kappa shape index (κ1) is 12.8. The highest BCUT2D eigenvalue weighted by atomic mass is 19.1. The van der Waals surface area contributed by atoms with Crippen molar-refractivity contribution in [3.8, 4) is 0 Å². The van der Waals surface area contributed by atoms with Crippen molar-refractivity contribution in [3.63, 3.8) is 0 Å². The summed E-state index contributed by atoms with van der Waals surface area (Å²) < 4.78 is 17.2. The first-order chi connectivity index (χ1) is 8.13. The number of carbonyl (C=O) groups is 2. The van der Waals surface area contributed by atoms with Gasteiger partial charge in [-0.3, -0.25) is 4.79 Å². The SMILES string of the molecule is CCOC(=O)C(=O)N/N=C/c1cccc(F)c1. The average molecular weight is 238 g/mol. The molecule has 0 bridgehead atoms. The van der Waals surface area contributed by atoms with E-state index < -0.39 is 17.7 Å². The molecule has 0 aromatic heterocycles. The van der Waals surface area contributed by atoms with Gasteiger partial charge >= 0.3 is 11.9 Å². The van der Waals surface area contributed by atoms with Gasteiger partial charge in [0, 0.05) is 0 Å². The molecule has 0 radical (unpaired) electrons. The predicted molar refractivity (Wildman–Crippen MR) is 58.8 cm³/mol. The fourth-order valence-electron chi connectivity index (χ4n) is 0.995. The molecule has 5 nitrogen and oxygen atoms in total. The van der Waals surface area contributed by atoms with Crippen molar-refractivity contribution in [2.24, 2.45) is 5.10 Å². The Kier molecular flexibility index (Phi) is 4.80. The molecule has 1 amide bonds. The predicted octanol–water partition coefficient (Wildman–Crippen LogP) is 0.839. The van der Waals surface area contributed by atoms with Crippen LogP contribution in [0.5, 0.6) is 0 Å². The quantitative estimate of drug-likeness (QED) is 0.367. The smallest absolute Gasteiger partial charge is 0.398 e. The lowest BCUT2D eigenvalue weighted by Crippen LogP contribution is -2.28. The van der Waals surface area contributed by atoms with E-state index in [1.54, 1.807) is 13.0 Å². The molecular weight excluding hydrogens is 227 g/mol. The molecule has 0 aliphatic rings. The van der Waals surface area contributed by atoms with Crippen LogP contribution in [0.25, 0.3) is 0 Å². The Morgan fingerprint density at radius 2 is 2.29 bits per heavy atom. The minimum atomic E-state index is -1.01. The number of nitrogens with zero attached hydrogens (tertiary/aromatic N) is 1. The minimum absolute atomic E-state index is 0.111. The number of hydrogen-bond acceptors (Lipinski definition) is 4. The maximum absolute atomic E-state index is 12.8. The van der Waals surface area contributed by atoms with Crippen LogP contribution in [0.4, 0.5) is 4.39 Å². The Bertz CT molecular complexity index is 446. The minimum Gasteiger partial charge on any atom is -0.459 e. The maximum Gasteiger partial charge on any atom is 0.398 e. The highest BCUT2D eigenvalue weighted by Gasteiger charge is 2.12. The number of carbonyl (C=O) groups excluding carboxylic acids is 2. The fourth-order valence-corrected chi connectivity index (χ4v) is 0.995. The van der Waals surface area contributed by atoms with E-state index in [4.69, 9.17) is 0 Å². The number of halogens is 1. The summed E-state index contributed by atoms with van der Waals surface area (Å²) in [6.07, 6.45) is 1.22. The van der Waals surface area contributed by atoms with Gasteiger partial charge in [0.2, 0.25) is 0 Å². The number of benzene rings is 1. The monoisotopic (exact) mass is 238 g/mol. The molecule has 0 saturated carbocycles. The summed E-state index contributed by atoms with van der Waals surface area (Å²) in [5.41, 5.74) is 2.44. The molecule has 1 aromatic carbocycles. The molecular formula is C11H11FN2O3. The van der Waals surface area contributed by atoms with Crippen LogP contribution >= 0.6 is 0 Å². The van der Waals surface area contributed by atoms with Crippen molar-refractivity contribution in [1.82, 2.24) is 5.43 Å². The standard InChI is InChI=1S/C11H11FN2O3/c1-2-17-11(16)10(15)14-13-7-8-4-3-5-9(12)6-8/h3-7H,2H2,1H3,(H,14,15)/b13-7+. The van der Waals surface area contributed by atoms with Gasteiger partial charge in [-0.15, -0.1) is 0 Å². The summed E-state index contributed by atoms with van der Waals surface area (Å²) in [7, 11) is 0. The van der Waals surface area contributed by atoms with Gasteiger partial charge in [-0.1, -0.05) is 12.1 Å². The summed E-state index contributed by atoms with van der Waals surface area (Å²) >= 11 is 0. The summed E-state index contributed by atoms with van der Waals surface area (Å²) in [5, 5.41) is 3.49. The highest BCUT2D eigenvalue weighted by molar-refractivity contribution is 6.32. The Hall–Kier alpha value is -2.24. The van der Waals surface area contributed by atoms with Crippen LogP contribution in [-0.4, -0.2) is 24.7 Å². The third-order valence-electron chi connectivity index (χ3n) is 1.69. The van der Waals surface area contributed by atoms with Crippen LogP contribution in [0.15, 0.2) is 29.4 Å². The molecule has 1 aromatic rings. The van der Waals surface area contributed by atoms with Gasteiger partial charge in [-0.05, 0) is 24.6 Å². The maximum atomic E-state index is 12.8. The molecule has 0 aliphatic carbocycles. The average Bonchev–Trinajstić information content (AvgIpc) is 2.29. The van der Waals surface area contributed by atoms with Crippen molar-refractivity contribution in [1.29, 1.82) is 0 Å². The van der Waals surface area contributed by atoms with E-state index in [9.17, 15) is 14.0 Å². The lowest BCUT2D eigenvalue weighted by atomic mass is 10.2. The largest absolute Gasteiger partial charge is 0.459 e. The first-order valence-corrected chi connectivity index (χ1v) is 4.89. The van der Waals surface area contributed by atoms with E-state index in [-0.39, 0.29) is 6.61 Å². The third-order valence-corrected chi connectivity index (χ3v) is 1.69.